The van der Waals surface area contributed by atoms with E-state index in [1.165, 1.54) is 0 Å². The van der Waals surface area contributed by atoms with Gasteiger partial charge in [-0.15, -0.1) is 6.58 Å². The molecule has 2 N–H and O–H groups in total. The van der Waals surface area contributed by atoms with Crippen LogP contribution in [0.5, 0.6) is 5.75 Å². The minimum absolute atomic E-state index is 0.223. The van der Waals surface area contributed by atoms with Gasteiger partial charge in [0, 0.05) is 16.6 Å². The number of benzene rings is 1. The standard InChI is InChI=1S/C14H18BrNO3/c1-4-7-16-14(18)10(3)19-13-6-5-11(15)8-12(13)9(2)17/h4-6,8-10,17H,1,7H2,2-3H3,(H,16,18)/t9-,10?/m1/s1. The van der Waals surface area contributed by atoms with Crippen LogP contribution in [0.15, 0.2) is 35.3 Å². The molecule has 1 rings (SSSR count). The molecule has 0 aliphatic heterocycles. The molecule has 1 aromatic carbocycles. The normalized spacial score (nSPS) is 13.5. The average Bonchev–Trinajstić information content (AvgIpc) is 2.37. The van der Waals surface area contributed by atoms with E-state index >= 15 is 0 Å². The predicted octanol–water partition coefficient (Wildman–Crippen LogP) is 2.57. The van der Waals surface area contributed by atoms with Crippen molar-refractivity contribution in [3.05, 3.63) is 40.9 Å². The van der Waals surface area contributed by atoms with E-state index in [1.807, 2.05) is 0 Å². The van der Waals surface area contributed by atoms with Crippen LogP contribution in [0.2, 0.25) is 0 Å². The highest BCUT2D eigenvalue weighted by Crippen LogP contribution is 2.29. The van der Waals surface area contributed by atoms with Crippen LogP contribution in [0.25, 0.3) is 0 Å². The summed E-state index contributed by atoms with van der Waals surface area (Å²) in [6.45, 7) is 7.24. The molecular formula is C14H18BrNO3. The van der Waals surface area contributed by atoms with Gasteiger partial charge in [0.05, 0.1) is 6.10 Å². The Morgan fingerprint density at radius 1 is 1.58 bits per heavy atom. The molecule has 0 saturated carbocycles. The Bertz CT molecular complexity index is 460. The van der Waals surface area contributed by atoms with Crippen LogP contribution in [-0.4, -0.2) is 23.7 Å². The third-order valence-corrected chi connectivity index (χ3v) is 3.01. The molecule has 0 heterocycles. The van der Waals surface area contributed by atoms with Gasteiger partial charge < -0.3 is 15.2 Å². The maximum Gasteiger partial charge on any atom is 0.261 e. The molecule has 0 aliphatic carbocycles. The predicted molar refractivity (Wildman–Crippen MR) is 78.1 cm³/mol. The summed E-state index contributed by atoms with van der Waals surface area (Å²) in [6, 6.07) is 5.30. The molecule has 1 aromatic rings. The Hall–Kier alpha value is -1.33. The lowest BCUT2D eigenvalue weighted by Gasteiger charge is -2.18. The Morgan fingerprint density at radius 2 is 2.26 bits per heavy atom. The number of halogens is 1. The molecule has 0 saturated heterocycles. The summed E-state index contributed by atoms with van der Waals surface area (Å²) in [5.41, 5.74) is 0.637. The first kappa shape index (κ1) is 15.7. The Kier molecular flexibility index (Phi) is 6.05. The Morgan fingerprint density at radius 3 is 2.84 bits per heavy atom. The molecule has 0 radical (unpaired) electrons. The van der Waals surface area contributed by atoms with E-state index in [-0.39, 0.29) is 5.91 Å². The number of ether oxygens (including phenoxy) is 1. The molecule has 0 bridgehead atoms. The average molecular weight is 328 g/mol. The van der Waals surface area contributed by atoms with E-state index in [4.69, 9.17) is 4.74 Å². The van der Waals surface area contributed by atoms with E-state index in [0.717, 1.165) is 4.47 Å². The molecule has 104 valence electrons. The molecule has 1 amide bonds. The van der Waals surface area contributed by atoms with Crippen LogP contribution >= 0.6 is 15.9 Å². The number of carbonyl (C=O) groups excluding carboxylic acids is 1. The summed E-state index contributed by atoms with van der Waals surface area (Å²) in [6.07, 6.45) is 0.292. The van der Waals surface area contributed by atoms with Crippen molar-refractivity contribution in [1.29, 1.82) is 0 Å². The van der Waals surface area contributed by atoms with Crippen molar-refractivity contribution in [2.24, 2.45) is 0 Å². The van der Waals surface area contributed by atoms with Crippen molar-refractivity contribution in [2.75, 3.05) is 6.54 Å². The van der Waals surface area contributed by atoms with E-state index in [0.29, 0.717) is 17.9 Å². The zero-order valence-electron chi connectivity index (χ0n) is 11.0. The summed E-state index contributed by atoms with van der Waals surface area (Å²) in [5, 5.41) is 12.4. The third kappa shape index (κ3) is 4.69. The van der Waals surface area contributed by atoms with Crippen LogP contribution in [0.4, 0.5) is 0 Å². The first-order valence-electron chi connectivity index (χ1n) is 5.98. The number of rotatable bonds is 6. The summed E-state index contributed by atoms with van der Waals surface area (Å²) < 4.78 is 6.44. The van der Waals surface area contributed by atoms with Crippen molar-refractivity contribution in [3.8, 4) is 5.75 Å². The minimum atomic E-state index is -0.670. The van der Waals surface area contributed by atoms with Gasteiger partial charge in [-0.25, -0.2) is 0 Å². The largest absolute Gasteiger partial charge is 0.481 e. The number of aliphatic hydroxyl groups excluding tert-OH is 1. The molecule has 0 spiro atoms. The quantitative estimate of drug-likeness (QED) is 0.789. The Labute approximate surface area is 121 Å². The second kappa shape index (κ2) is 7.31. The van der Waals surface area contributed by atoms with Crippen molar-refractivity contribution >= 4 is 21.8 Å². The van der Waals surface area contributed by atoms with Gasteiger partial charge in [-0.2, -0.15) is 0 Å². The first-order chi connectivity index (χ1) is 8.95. The van der Waals surface area contributed by atoms with Gasteiger partial charge in [-0.05, 0) is 32.0 Å². The number of aliphatic hydroxyl groups is 1. The van der Waals surface area contributed by atoms with E-state index in [2.05, 4.69) is 27.8 Å². The van der Waals surface area contributed by atoms with Crippen LogP contribution in [0.1, 0.15) is 25.5 Å². The van der Waals surface area contributed by atoms with Crippen molar-refractivity contribution in [3.63, 3.8) is 0 Å². The first-order valence-corrected chi connectivity index (χ1v) is 6.77. The summed E-state index contributed by atoms with van der Waals surface area (Å²) in [4.78, 5) is 11.7. The fourth-order valence-electron chi connectivity index (χ4n) is 1.51. The lowest BCUT2D eigenvalue weighted by molar-refractivity contribution is -0.127. The molecule has 4 nitrogen and oxygen atoms in total. The van der Waals surface area contributed by atoms with Gasteiger partial charge in [0.15, 0.2) is 6.10 Å². The highest BCUT2D eigenvalue weighted by atomic mass is 79.9. The number of nitrogens with one attached hydrogen (secondary N) is 1. The molecule has 5 heteroatoms. The summed E-state index contributed by atoms with van der Waals surface area (Å²) in [7, 11) is 0. The maximum absolute atomic E-state index is 11.7. The van der Waals surface area contributed by atoms with Gasteiger partial charge in [-0.1, -0.05) is 22.0 Å². The molecule has 2 atom stereocenters. The van der Waals surface area contributed by atoms with Gasteiger partial charge in [-0.3, -0.25) is 4.79 Å². The molecule has 1 unspecified atom stereocenters. The van der Waals surface area contributed by atoms with Gasteiger partial charge in [0.25, 0.3) is 5.91 Å². The van der Waals surface area contributed by atoms with Crippen molar-refractivity contribution < 1.29 is 14.6 Å². The number of carbonyl (C=O) groups is 1. The fraction of sp³-hybridized carbons (Fsp3) is 0.357. The topological polar surface area (TPSA) is 58.6 Å². The second-order valence-electron chi connectivity index (χ2n) is 4.15. The van der Waals surface area contributed by atoms with Gasteiger partial charge >= 0.3 is 0 Å². The SMILES string of the molecule is C=CCNC(=O)C(C)Oc1ccc(Br)cc1[C@@H](C)O. The summed E-state index contributed by atoms with van der Waals surface area (Å²) >= 11 is 3.34. The zero-order valence-corrected chi connectivity index (χ0v) is 12.6. The monoisotopic (exact) mass is 327 g/mol. The van der Waals surface area contributed by atoms with E-state index in [9.17, 15) is 9.90 Å². The highest BCUT2D eigenvalue weighted by Gasteiger charge is 2.17. The second-order valence-corrected chi connectivity index (χ2v) is 5.07. The lowest BCUT2D eigenvalue weighted by Crippen LogP contribution is -2.36. The molecule has 19 heavy (non-hydrogen) atoms. The molecular weight excluding hydrogens is 310 g/mol. The summed E-state index contributed by atoms with van der Waals surface area (Å²) in [5.74, 6) is 0.277. The number of amides is 1. The molecule has 0 fully saturated rings. The van der Waals surface area contributed by atoms with E-state index in [1.54, 1.807) is 38.1 Å². The lowest BCUT2D eigenvalue weighted by atomic mass is 10.1. The number of hydrogen-bond acceptors (Lipinski definition) is 3. The van der Waals surface area contributed by atoms with Crippen molar-refractivity contribution in [1.82, 2.24) is 5.32 Å². The Balaban J connectivity index is 2.81. The minimum Gasteiger partial charge on any atom is -0.481 e. The van der Waals surface area contributed by atoms with E-state index < -0.39 is 12.2 Å². The third-order valence-electron chi connectivity index (χ3n) is 2.52. The van der Waals surface area contributed by atoms with Crippen LogP contribution in [-0.2, 0) is 4.79 Å². The van der Waals surface area contributed by atoms with Gasteiger partial charge in [0.1, 0.15) is 5.75 Å². The van der Waals surface area contributed by atoms with Crippen LogP contribution in [0.3, 0.4) is 0 Å². The smallest absolute Gasteiger partial charge is 0.261 e. The fourth-order valence-corrected chi connectivity index (χ4v) is 1.89. The van der Waals surface area contributed by atoms with Crippen molar-refractivity contribution in [2.45, 2.75) is 26.1 Å². The van der Waals surface area contributed by atoms with Gasteiger partial charge in [0.2, 0.25) is 0 Å². The number of hydrogen-bond donors (Lipinski definition) is 2. The van der Waals surface area contributed by atoms with Crippen LogP contribution in [0, 0.1) is 0 Å². The van der Waals surface area contributed by atoms with Crippen LogP contribution < -0.4 is 10.1 Å². The highest BCUT2D eigenvalue weighted by molar-refractivity contribution is 9.10. The maximum atomic E-state index is 11.7. The zero-order chi connectivity index (χ0) is 14.4. The molecule has 0 aromatic heterocycles. The molecule has 0 aliphatic rings.